The summed E-state index contributed by atoms with van der Waals surface area (Å²) < 4.78 is 30.2. The molecule has 2 nitrogen and oxygen atoms in total. The molecule has 2 rings (SSSR count). The van der Waals surface area contributed by atoms with Gasteiger partial charge < -0.3 is 4.74 Å². The largest absolute Gasteiger partial charge is 0.497 e. The van der Waals surface area contributed by atoms with E-state index in [9.17, 15) is 8.60 Å². The molecule has 0 saturated heterocycles. The van der Waals surface area contributed by atoms with Gasteiger partial charge in [0.25, 0.3) is 0 Å². The first-order chi connectivity index (χ1) is 8.69. The minimum atomic E-state index is -1.25. The lowest BCUT2D eigenvalue weighted by atomic mass is 10.2. The predicted molar refractivity (Wildman–Crippen MR) is 69.5 cm³/mol. The van der Waals surface area contributed by atoms with Crippen LogP contribution in [0.3, 0.4) is 0 Å². The quantitative estimate of drug-likeness (QED) is 0.848. The Bertz CT molecular complexity index is 569. The summed E-state index contributed by atoms with van der Waals surface area (Å²) in [6.07, 6.45) is 0. The lowest BCUT2D eigenvalue weighted by molar-refractivity contribution is 0.414. The molecule has 0 N–H and O–H groups in total. The second-order valence-corrected chi connectivity index (χ2v) is 5.25. The van der Waals surface area contributed by atoms with Crippen molar-refractivity contribution in [3.05, 3.63) is 59.9 Å². The number of halogens is 1. The van der Waals surface area contributed by atoms with Crippen LogP contribution in [-0.2, 0) is 16.6 Å². The molecule has 1 atom stereocenters. The Kier molecular flexibility index (Phi) is 4.10. The van der Waals surface area contributed by atoms with Crippen LogP contribution >= 0.6 is 0 Å². The van der Waals surface area contributed by atoms with Crippen LogP contribution in [0.1, 0.15) is 5.56 Å². The number of benzene rings is 2. The average molecular weight is 264 g/mol. The van der Waals surface area contributed by atoms with Gasteiger partial charge in [-0.1, -0.05) is 18.2 Å². The minimum absolute atomic E-state index is 0.348. The van der Waals surface area contributed by atoms with Gasteiger partial charge in [-0.2, -0.15) is 0 Å². The highest BCUT2D eigenvalue weighted by Crippen LogP contribution is 2.17. The molecule has 1 unspecified atom stereocenters. The van der Waals surface area contributed by atoms with Crippen LogP contribution < -0.4 is 4.74 Å². The van der Waals surface area contributed by atoms with Crippen molar-refractivity contribution in [3.8, 4) is 5.75 Å². The van der Waals surface area contributed by atoms with Gasteiger partial charge in [0.15, 0.2) is 0 Å². The van der Waals surface area contributed by atoms with Gasteiger partial charge in [-0.05, 0) is 35.9 Å². The molecule has 0 saturated carbocycles. The van der Waals surface area contributed by atoms with Crippen molar-refractivity contribution in [2.45, 2.75) is 10.6 Å². The molecule has 0 fully saturated rings. The monoisotopic (exact) mass is 264 g/mol. The maximum atomic E-state index is 13.0. The molecule has 0 heterocycles. The van der Waals surface area contributed by atoms with Crippen LogP contribution in [0, 0.1) is 5.82 Å². The zero-order valence-corrected chi connectivity index (χ0v) is 10.7. The van der Waals surface area contributed by atoms with Crippen molar-refractivity contribution < 1.29 is 13.3 Å². The summed E-state index contributed by atoms with van der Waals surface area (Å²) in [7, 11) is 0.335. The summed E-state index contributed by atoms with van der Waals surface area (Å²) in [5, 5.41) is 0. The third-order valence-electron chi connectivity index (χ3n) is 2.49. The summed E-state index contributed by atoms with van der Waals surface area (Å²) in [4.78, 5) is 0.498. The SMILES string of the molecule is COc1cccc(CS(=O)c2cccc(F)c2)c1. The normalized spacial score (nSPS) is 12.1. The molecular formula is C14H13FO2S. The summed E-state index contributed by atoms with van der Waals surface area (Å²) in [5.74, 6) is 0.705. The predicted octanol–water partition coefficient (Wildman–Crippen LogP) is 3.14. The van der Waals surface area contributed by atoms with Crippen LogP contribution in [0.5, 0.6) is 5.75 Å². The van der Waals surface area contributed by atoms with E-state index in [2.05, 4.69) is 0 Å². The van der Waals surface area contributed by atoms with Gasteiger partial charge in [-0.25, -0.2) is 4.39 Å². The Balaban J connectivity index is 2.16. The van der Waals surface area contributed by atoms with E-state index in [4.69, 9.17) is 4.74 Å². The van der Waals surface area contributed by atoms with Crippen molar-refractivity contribution in [1.29, 1.82) is 0 Å². The Morgan fingerprint density at radius 2 is 1.94 bits per heavy atom. The van der Waals surface area contributed by atoms with Crippen LogP contribution in [-0.4, -0.2) is 11.3 Å². The molecule has 0 aliphatic heterocycles. The lowest BCUT2D eigenvalue weighted by Crippen LogP contribution is -1.97. The molecule has 0 aromatic heterocycles. The zero-order chi connectivity index (χ0) is 13.0. The van der Waals surface area contributed by atoms with Gasteiger partial charge in [0.2, 0.25) is 0 Å². The molecule has 18 heavy (non-hydrogen) atoms. The van der Waals surface area contributed by atoms with Crippen molar-refractivity contribution in [2.24, 2.45) is 0 Å². The van der Waals surface area contributed by atoms with E-state index in [0.29, 0.717) is 10.6 Å². The number of ether oxygens (including phenoxy) is 1. The Hall–Kier alpha value is -1.68. The highest BCUT2D eigenvalue weighted by atomic mass is 32.2. The number of methoxy groups -OCH3 is 1. The highest BCUT2D eigenvalue weighted by molar-refractivity contribution is 7.84. The Labute approximate surface area is 108 Å². The van der Waals surface area contributed by atoms with Gasteiger partial charge >= 0.3 is 0 Å². The summed E-state index contributed by atoms with van der Waals surface area (Å²) in [5.41, 5.74) is 0.900. The highest BCUT2D eigenvalue weighted by Gasteiger charge is 2.06. The van der Waals surface area contributed by atoms with E-state index in [0.717, 1.165) is 11.3 Å². The van der Waals surface area contributed by atoms with Crippen molar-refractivity contribution in [1.82, 2.24) is 0 Å². The average Bonchev–Trinajstić information content (AvgIpc) is 2.39. The maximum absolute atomic E-state index is 13.0. The van der Waals surface area contributed by atoms with Gasteiger partial charge in [-0.3, -0.25) is 4.21 Å². The van der Waals surface area contributed by atoms with Crippen LogP contribution in [0.15, 0.2) is 53.4 Å². The van der Waals surface area contributed by atoms with E-state index in [1.165, 1.54) is 12.1 Å². The summed E-state index contributed by atoms with van der Waals surface area (Å²) >= 11 is 0. The molecule has 0 bridgehead atoms. The fraction of sp³-hybridized carbons (Fsp3) is 0.143. The first-order valence-corrected chi connectivity index (χ1v) is 6.78. The van der Waals surface area contributed by atoms with Gasteiger partial charge in [0.1, 0.15) is 11.6 Å². The molecule has 0 radical (unpaired) electrons. The first-order valence-electron chi connectivity index (χ1n) is 5.46. The fourth-order valence-electron chi connectivity index (χ4n) is 1.61. The van der Waals surface area contributed by atoms with Gasteiger partial charge in [-0.15, -0.1) is 0 Å². The smallest absolute Gasteiger partial charge is 0.124 e. The van der Waals surface area contributed by atoms with Crippen molar-refractivity contribution in [3.63, 3.8) is 0 Å². The molecule has 4 heteroatoms. The second-order valence-electron chi connectivity index (χ2n) is 3.80. The number of hydrogen-bond donors (Lipinski definition) is 0. The van der Waals surface area contributed by atoms with E-state index in [-0.39, 0.29) is 5.82 Å². The maximum Gasteiger partial charge on any atom is 0.124 e. The minimum Gasteiger partial charge on any atom is -0.497 e. The zero-order valence-electron chi connectivity index (χ0n) is 9.93. The molecule has 0 aliphatic carbocycles. The fourth-order valence-corrected chi connectivity index (χ4v) is 2.73. The third-order valence-corrected chi connectivity index (χ3v) is 3.87. The Morgan fingerprint density at radius 1 is 1.17 bits per heavy atom. The number of hydrogen-bond acceptors (Lipinski definition) is 2. The lowest BCUT2D eigenvalue weighted by Gasteiger charge is -2.05. The molecule has 0 spiro atoms. The topological polar surface area (TPSA) is 26.3 Å². The van der Waals surface area contributed by atoms with E-state index < -0.39 is 10.8 Å². The van der Waals surface area contributed by atoms with Crippen LogP contribution in [0.4, 0.5) is 4.39 Å². The Morgan fingerprint density at radius 3 is 2.67 bits per heavy atom. The second kappa shape index (κ2) is 5.78. The molecule has 0 amide bonds. The summed E-state index contributed by atoms with van der Waals surface area (Å²) in [6.45, 7) is 0. The molecule has 2 aromatic rings. The van der Waals surface area contributed by atoms with Crippen LogP contribution in [0.2, 0.25) is 0 Å². The molecule has 0 aliphatic rings. The van der Waals surface area contributed by atoms with E-state index in [1.54, 1.807) is 19.2 Å². The summed E-state index contributed by atoms with van der Waals surface area (Å²) in [6, 6.07) is 13.2. The van der Waals surface area contributed by atoms with Gasteiger partial charge in [0.05, 0.1) is 23.7 Å². The molecule has 94 valence electrons. The van der Waals surface area contributed by atoms with E-state index in [1.807, 2.05) is 24.3 Å². The standard InChI is InChI=1S/C14H13FO2S/c1-17-13-6-2-4-11(8-13)10-18(16)14-7-3-5-12(15)9-14/h2-9H,10H2,1H3. The van der Waals surface area contributed by atoms with Crippen molar-refractivity contribution in [2.75, 3.05) is 7.11 Å². The number of rotatable bonds is 4. The first kappa shape index (κ1) is 12.8. The van der Waals surface area contributed by atoms with Crippen molar-refractivity contribution >= 4 is 10.8 Å². The van der Waals surface area contributed by atoms with Gasteiger partial charge in [0, 0.05) is 4.90 Å². The third kappa shape index (κ3) is 3.17. The molecular weight excluding hydrogens is 251 g/mol. The van der Waals surface area contributed by atoms with Crippen LogP contribution in [0.25, 0.3) is 0 Å². The molecule has 2 aromatic carbocycles. The van der Waals surface area contributed by atoms with E-state index >= 15 is 0 Å².